The van der Waals surface area contributed by atoms with Gasteiger partial charge in [-0.15, -0.1) is 11.3 Å². The number of rotatable bonds is 5. The van der Waals surface area contributed by atoms with E-state index in [1.54, 1.807) is 41.8 Å². The summed E-state index contributed by atoms with van der Waals surface area (Å²) >= 11 is 1.24. The third-order valence-electron chi connectivity index (χ3n) is 3.49. The summed E-state index contributed by atoms with van der Waals surface area (Å²) in [7, 11) is -3.12. The lowest BCUT2D eigenvalue weighted by Crippen LogP contribution is -2.11. The number of carbonyl (C=O) groups excluding carboxylic acids is 1. The van der Waals surface area contributed by atoms with E-state index in [0.29, 0.717) is 27.5 Å². The molecule has 26 heavy (non-hydrogen) atoms. The van der Waals surface area contributed by atoms with Crippen LogP contribution in [0.4, 0.5) is 9.52 Å². The van der Waals surface area contributed by atoms with Gasteiger partial charge in [-0.05, 0) is 29.8 Å². The number of aromatic nitrogens is 1. The van der Waals surface area contributed by atoms with Crippen molar-refractivity contribution in [2.75, 3.05) is 11.6 Å². The SMILES string of the molecule is CS(=O)(=O)Cc1ccc(C(=O)Nc2nc(-c3cccc(F)c3)cs2)cc1. The summed E-state index contributed by atoms with van der Waals surface area (Å²) in [5, 5.41) is 4.82. The summed E-state index contributed by atoms with van der Waals surface area (Å²) in [6, 6.07) is 12.4. The molecule has 0 fully saturated rings. The van der Waals surface area contributed by atoms with Gasteiger partial charge in [-0.2, -0.15) is 0 Å². The van der Waals surface area contributed by atoms with Gasteiger partial charge in [0.05, 0.1) is 11.4 Å². The number of halogens is 1. The fourth-order valence-corrected chi connectivity index (χ4v) is 3.85. The highest BCUT2D eigenvalue weighted by atomic mass is 32.2. The predicted octanol–water partition coefficient (Wildman–Crippen LogP) is 3.75. The Bertz CT molecular complexity index is 1040. The van der Waals surface area contributed by atoms with Crippen molar-refractivity contribution in [3.63, 3.8) is 0 Å². The molecule has 0 radical (unpaired) electrons. The van der Waals surface area contributed by atoms with Crippen LogP contribution in [0.15, 0.2) is 53.9 Å². The van der Waals surface area contributed by atoms with Gasteiger partial charge in [0.1, 0.15) is 5.82 Å². The molecule has 0 unspecified atom stereocenters. The molecule has 3 rings (SSSR count). The van der Waals surface area contributed by atoms with Crippen LogP contribution in [0.2, 0.25) is 0 Å². The van der Waals surface area contributed by atoms with Gasteiger partial charge >= 0.3 is 0 Å². The maximum atomic E-state index is 13.3. The van der Waals surface area contributed by atoms with Crippen molar-refractivity contribution >= 4 is 32.2 Å². The van der Waals surface area contributed by atoms with Crippen molar-refractivity contribution in [1.29, 1.82) is 0 Å². The number of hydrogen-bond acceptors (Lipinski definition) is 5. The number of anilines is 1. The molecule has 1 heterocycles. The monoisotopic (exact) mass is 390 g/mol. The molecule has 0 aliphatic carbocycles. The van der Waals surface area contributed by atoms with Crippen molar-refractivity contribution in [2.24, 2.45) is 0 Å². The van der Waals surface area contributed by atoms with Crippen LogP contribution in [0.25, 0.3) is 11.3 Å². The predicted molar refractivity (Wildman–Crippen MR) is 100 cm³/mol. The summed E-state index contributed by atoms with van der Waals surface area (Å²) in [5.41, 5.74) is 2.22. The molecule has 0 aliphatic heterocycles. The molecule has 0 bridgehead atoms. The number of nitrogens with zero attached hydrogens (tertiary/aromatic N) is 1. The van der Waals surface area contributed by atoms with Crippen LogP contribution in [0.1, 0.15) is 15.9 Å². The molecule has 134 valence electrons. The molecule has 0 saturated heterocycles. The number of amides is 1. The highest BCUT2D eigenvalue weighted by Crippen LogP contribution is 2.25. The lowest BCUT2D eigenvalue weighted by Gasteiger charge is -2.04. The van der Waals surface area contributed by atoms with E-state index in [1.807, 2.05) is 0 Å². The lowest BCUT2D eigenvalue weighted by molar-refractivity contribution is 0.102. The molecular formula is C18H15FN2O3S2. The Morgan fingerprint density at radius 3 is 2.58 bits per heavy atom. The Balaban J connectivity index is 1.70. The van der Waals surface area contributed by atoms with E-state index in [2.05, 4.69) is 10.3 Å². The van der Waals surface area contributed by atoms with Gasteiger partial charge in [-0.1, -0.05) is 24.3 Å². The molecular weight excluding hydrogens is 375 g/mol. The summed E-state index contributed by atoms with van der Waals surface area (Å²) in [5.74, 6) is -0.774. The molecule has 1 N–H and O–H groups in total. The molecule has 2 aromatic carbocycles. The minimum atomic E-state index is -3.12. The van der Waals surface area contributed by atoms with Gasteiger partial charge in [-0.25, -0.2) is 17.8 Å². The third-order valence-corrected chi connectivity index (χ3v) is 5.11. The average Bonchev–Trinajstić information content (AvgIpc) is 3.02. The normalized spacial score (nSPS) is 11.3. The van der Waals surface area contributed by atoms with Gasteiger partial charge in [0, 0.05) is 22.8 Å². The second-order valence-electron chi connectivity index (χ2n) is 5.77. The molecule has 0 atom stereocenters. The maximum absolute atomic E-state index is 13.3. The van der Waals surface area contributed by atoms with Crippen LogP contribution in [-0.4, -0.2) is 25.6 Å². The molecule has 1 aromatic heterocycles. The number of nitrogens with one attached hydrogen (secondary N) is 1. The second kappa shape index (κ2) is 7.35. The third kappa shape index (κ3) is 4.74. The Kier molecular flexibility index (Phi) is 5.15. The Labute approximate surface area is 154 Å². The van der Waals surface area contributed by atoms with Crippen LogP contribution in [0.5, 0.6) is 0 Å². The number of thiazole rings is 1. The Morgan fingerprint density at radius 2 is 1.92 bits per heavy atom. The largest absolute Gasteiger partial charge is 0.298 e. The minimum absolute atomic E-state index is 0.0711. The van der Waals surface area contributed by atoms with E-state index in [-0.39, 0.29) is 17.5 Å². The van der Waals surface area contributed by atoms with Gasteiger partial charge in [0.15, 0.2) is 15.0 Å². The van der Waals surface area contributed by atoms with Crippen molar-refractivity contribution in [1.82, 2.24) is 4.98 Å². The van der Waals surface area contributed by atoms with E-state index >= 15 is 0 Å². The summed E-state index contributed by atoms with van der Waals surface area (Å²) in [4.78, 5) is 16.6. The standard InChI is InChI=1S/C18H15FN2O3S2/c1-26(23,24)11-12-5-7-13(8-6-12)17(22)21-18-20-16(10-25-18)14-3-2-4-15(19)9-14/h2-10H,11H2,1H3,(H,20,21,22). The van der Waals surface area contributed by atoms with E-state index < -0.39 is 9.84 Å². The first kappa shape index (κ1) is 18.2. The molecule has 0 spiro atoms. The lowest BCUT2D eigenvalue weighted by atomic mass is 10.1. The average molecular weight is 390 g/mol. The van der Waals surface area contributed by atoms with Crippen molar-refractivity contribution in [2.45, 2.75) is 5.75 Å². The highest BCUT2D eigenvalue weighted by molar-refractivity contribution is 7.89. The summed E-state index contributed by atoms with van der Waals surface area (Å²) < 4.78 is 35.9. The van der Waals surface area contributed by atoms with E-state index in [9.17, 15) is 17.6 Å². The van der Waals surface area contributed by atoms with Crippen LogP contribution in [0, 0.1) is 5.82 Å². The first-order valence-corrected chi connectivity index (χ1v) is 10.5. The van der Waals surface area contributed by atoms with Crippen molar-refractivity contribution in [3.05, 3.63) is 70.9 Å². The first-order chi connectivity index (χ1) is 12.3. The van der Waals surface area contributed by atoms with Gasteiger partial charge in [-0.3, -0.25) is 10.1 Å². The smallest absolute Gasteiger partial charge is 0.257 e. The fourth-order valence-electron chi connectivity index (χ4n) is 2.34. The van der Waals surface area contributed by atoms with Crippen LogP contribution < -0.4 is 5.32 Å². The van der Waals surface area contributed by atoms with Gasteiger partial charge < -0.3 is 0 Å². The zero-order valence-corrected chi connectivity index (χ0v) is 15.4. The molecule has 0 saturated carbocycles. The Morgan fingerprint density at radius 1 is 1.19 bits per heavy atom. The van der Waals surface area contributed by atoms with Crippen LogP contribution >= 0.6 is 11.3 Å². The summed E-state index contributed by atoms with van der Waals surface area (Å²) in [6.07, 6.45) is 1.16. The molecule has 3 aromatic rings. The molecule has 8 heteroatoms. The van der Waals surface area contributed by atoms with Crippen molar-refractivity contribution in [3.8, 4) is 11.3 Å². The van der Waals surface area contributed by atoms with E-state index in [4.69, 9.17) is 0 Å². The number of carbonyl (C=O) groups is 1. The fraction of sp³-hybridized carbons (Fsp3) is 0.111. The van der Waals surface area contributed by atoms with Crippen LogP contribution in [0.3, 0.4) is 0 Å². The maximum Gasteiger partial charge on any atom is 0.257 e. The zero-order valence-electron chi connectivity index (χ0n) is 13.8. The second-order valence-corrected chi connectivity index (χ2v) is 8.77. The molecule has 1 amide bonds. The number of benzene rings is 2. The number of hydrogen-bond donors (Lipinski definition) is 1. The Hall–Kier alpha value is -2.58. The molecule has 0 aliphatic rings. The molecule has 5 nitrogen and oxygen atoms in total. The minimum Gasteiger partial charge on any atom is -0.298 e. The van der Waals surface area contributed by atoms with E-state index in [0.717, 1.165) is 6.26 Å². The van der Waals surface area contributed by atoms with Crippen LogP contribution in [-0.2, 0) is 15.6 Å². The topological polar surface area (TPSA) is 76.1 Å². The number of sulfone groups is 1. The van der Waals surface area contributed by atoms with Gasteiger partial charge in [0.25, 0.3) is 5.91 Å². The quantitative estimate of drug-likeness (QED) is 0.720. The zero-order chi connectivity index (χ0) is 18.7. The van der Waals surface area contributed by atoms with Crippen molar-refractivity contribution < 1.29 is 17.6 Å². The first-order valence-electron chi connectivity index (χ1n) is 7.60. The van der Waals surface area contributed by atoms with Gasteiger partial charge in [0.2, 0.25) is 0 Å². The summed E-state index contributed by atoms with van der Waals surface area (Å²) in [6.45, 7) is 0. The van der Waals surface area contributed by atoms with E-state index in [1.165, 1.54) is 23.5 Å². The highest BCUT2D eigenvalue weighted by Gasteiger charge is 2.11.